The first-order valence-electron chi connectivity index (χ1n) is 15.7. The van der Waals surface area contributed by atoms with Crippen LogP contribution in [0.5, 0.6) is 34.8 Å². The number of nitrogens with zero attached hydrogens (tertiary/aromatic N) is 5. The van der Waals surface area contributed by atoms with Crippen molar-refractivity contribution in [1.29, 1.82) is 0 Å². The fourth-order valence-corrected chi connectivity index (χ4v) is 14.7. The maximum absolute atomic E-state index is 6.88. The summed E-state index contributed by atoms with van der Waals surface area (Å²) < 4.78 is 56.6. The lowest BCUT2D eigenvalue weighted by molar-refractivity contribution is 0.438. The molecule has 0 aliphatic carbocycles. The number of aryl methyl sites for hydroxylation is 2. The molecular weight excluding hydrogens is 691 g/mol. The van der Waals surface area contributed by atoms with Gasteiger partial charge in [-0.3, -0.25) is 0 Å². The van der Waals surface area contributed by atoms with Gasteiger partial charge in [0.2, 0.25) is 11.8 Å². The van der Waals surface area contributed by atoms with E-state index in [0.717, 1.165) is 33.4 Å². The average Bonchev–Trinajstić information content (AvgIpc) is 3.30. The number of aromatic nitrogens is 2. The monoisotopic (exact) mass is 719 g/mol. The summed E-state index contributed by atoms with van der Waals surface area (Å²) in [4.78, 5) is 9.00. The molecule has 0 saturated carbocycles. The van der Waals surface area contributed by atoms with Gasteiger partial charge >= 0.3 is 23.0 Å². The smallest absolute Gasteiger partial charge is 0.413 e. The Labute approximate surface area is 288 Å². The largest absolute Gasteiger partial charge is 0.463 e. The summed E-state index contributed by atoms with van der Waals surface area (Å²) in [6.45, 7) is 3.87. The van der Waals surface area contributed by atoms with E-state index in [4.69, 9.17) is 40.7 Å². The molecule has 0 radical (unpaired) electrons. The van der Waals surface area contributed by atoms with Crippen LogP contribution in [0.15, 0.2) is 147 Å². The van der Waals surface area contributed by atoms with Gasteiger partial charge in [-0.25, -0.2) is 9.97 Å². The summed E-state index contributed by atoms with van der Waals surface area (Å²) in [5.74, 6) is 2.48. The van der Waals surface area contributed by atoms with Gasteiger partial charge in [-0.15, -0.1) is 0 Å². The van der Waals surface area contributed by atoms with Gasteiger partial charge < -0.3 is 27.1 Å². The van der Waals surface area contributed by atoms with E-state index in [1.54, 1.807) is 24.5 Å². The summed E-state index contributed by atoms with van der Waals surface area (Å²) in [6.07, 6.45) is 3.29. The average molecular weight is 720 g/mol. The van der Waals surface area contributed by atoms with Crippen LogP contribution < -0.4 is 27.1 Å². The van der Waals surface area contributed by atoms with E-state index in [2.05, 4.69) is 9.97 Å². The predicted molar refractivity (Wildman–Crippen MR) is 194 cm³/mol. The standard InChI is InChI=1S/C36H28N5O6P3/c1-25-19-21-37-35(23-25)46-50(47-36-24-26(2)20-22-38-36)40-48(42-31-15-7-3-11-27(31)28-12-4-8-16-32(28)43-48)39-49(41-50)44-33-17-9-5-13-29(33)30-14-6-10-18-34(30)45-49/h3-24H,1-2H3. The molecule has 50 heavy (non-hydrogen) atoms. The van der Waals surface area contributed by atoms with E-state index in [9.17, 15) is 0 Å². The highest BCUT2D eigenvalue weighted by Gasteiger charge is 2.51. The second-order valence-electron chi connectivity index (χ2n) is 11.6. The minimum absolute atomic E-state index is 0.225. The molecule has 3 aliphatic heterocycles. The normalized spacial score (nSPS) is 16.6. The highest BCUT2D eigenvalue weighted by molar-refractivity contribution is 7.79. The van der Waals surface area contributed by atoms with Crippen molar-refractivity contribution in [1.82, 2.24) is 9.97 Å². The summed E-state index contributed by atoms with van der Waals surface area (Å²) in [7, 11) is -11.8. The van der Waals surface area contributed by atoms with Crippen LogP contribution in [0.2, 0.25) is 0 Å². The topological polar surface area (TPSA) is 118 Å². The van der Waals surface area contributed by atoms with E-state index in [1.807, 2.05) is 123 Å². The van der Waals surface area contributed by atoms with Crippen molar-refractivity contribution >= 4 is 23.0 Å². The number of benzene rings is 4. The van der Waals surface area contributed by atoms with Crippen molar-refractivity contribution in [2.75, 3.05) is 0 Å². The van der Waals surface area contributed by atoms with Gasteiger partial charge in [-0.05, 0) is 61.4 Å². The van der Waals surface area contributed by atoms with E-state index in [-0.39, 0.29) is 11.8 Å². The van der Waals surface area contributed by atoms with Crippen LogP contribution >= 0.6 is 23.0 Å². The van der Waals surface area contributed by atoms with Crippen LogP contribution in [-0.2, 0) is 0 Å². The SMILES string of the molecule is Cc1ccnc(OP2(Oc3cc(C)ccn3)=NP3(=NP4(=N2)Oc2ccccc2-c2ccccc2O4)Oc2ccccc2-c2ccccc2O3)c1. The molecule has 11 nitrogen and oxygen atoms in total. The molecule has 0 N–H and O–H groups in total. The van der Waals surface area contributed by atoms with Crippen molar-refractivity contribution in [3.8, 4) is 57.0 Å². The molecule has 0 bridgehead atoms. The number of pyridine rings is 2. The number of rotatable bonds is 4. The van der Waals surface area contributed by atoms with Crippen molar-refractivity contribution < 1.29 is 27.1 Å². The first-order valence-corrected chi connectivity index (χ1v) is 20.3. The highest BCUT2D eigenvalue weighted by Crippen LogP contribution is 2.80. The lowest BCUT2D eigenvalue weighted by Gasteiger charge is -2.31. The van der Waals surface area contributed by atoms with Crippen LogP contribution in [0.4, 0.5) is 0 Å². The molecule has 0 amide bonds. The molecule has 0 fully saturated rings. The maximum atomic E-state index is 6.88. The Morgan fingerprint density at radius 3 is 1.18 bits per heavy atom. The molecule has 6 aromatic rings. The summed E-state index contributed by atoms with van der Waals surface area (Å²) >= 11 is 0. The van der Waals surface area contributed by atoms with Crippen molar-refractivity contribution in [2.24, 2.45) is 13.5 Å². The molecule has 0 atom stereocenters. The zero-order valence-corrected chi connectivity index (χ0v) is 29.4. The number of para-hydroxylation sites is 4. The van der Waals surface area contributed by atoms with Crippen LogP contribution in [0.25, 0.3) is 22.3 Å². The third kappa shape index (κ3) is 5.63. The van der Waals surface area contributed by atoms with Gasteiger partial charge in [-0.1, -0.05) is 86.3 Å². The summed E-state index contributed by atoms with van der Waals surface area (Å²) in [5.41, 5.74) is 5.06. The fraction of sp³-hybridized carbons (Fsp3) is 0.0556. The minimum atomic E-state index is -4.00. The van der Waals surface area contributed by atoms with Crippen LogP contribution in [-0.4, -0.2) is 9.97 Å². The van der Waals surface area contributed by atoms with Gasteiger partial charge in [-0.2, -0.15) is 0 Å². The molecule has 0 saturated heterocycles. The fourth-order valence-electron chi connectivity index (χ4n) is 5.71. The molecule has 0 unspecified atom stereocenters. The third-order valence-corrected chi connectivity index (χ3v) is 15.9. The van der Waals surface area contributed by atoms with E-state index in [0.29, 0.717) is 23.0 Å². The quantitative estimate of drug-likeness (QED) is 0.165. The zero-order valence-electron chi connectivity index (χ0n) is 26.7. The Balaban J connectivity index is 1.38. The molecule has 9 rings (SSSR count). The van der Waals surface area contributed by atoms with Gasteiger partial charge in [0.15, 0.2) is 0 Å². The van der Waals surface area contributed by atoms with Gasteiger partial charge in [0.25, 0.3) is 0 Å². The number of fused-ring (bicyclic) bond motifs is 6. The van der Waals surface area contributed by atoms with Gasteiger partial charge in [0, 0.05) is 46.8 Å². The van der Waals surface area contributed by atoms with Crippen LogP contribution in [0.1, 0.15) is 11.1 Å². The zero-order chi connectivity index (χ0) is 33.8. The van der Waals surface area contributed by atoms with Gasteiger partial charge in [0.1, 0.15) is 23.0 Å². The summed E-state index contributed by atoms with van der Waals surface area (Å²) in [6, 6.07) is 37.9. The Hall–Kier alpha value is -5.33. The van der Waals surface area contributed by atoms with Crippen LogP contribution in [0, 0.1) is 13.8 Å². The molecule has 248 valence electrons. The van der Waals surface area contributed by atoms with E-state index >= 15 is 0 Å². The first kappa shape index (κ1) is 30.7. The van der Waals surface area contributed by atoms with Gasteiger partial charge in [0.05, 0.1) is 0 Å². The molecule has 2 spiro atoms. The van der Waals surface area contributed by atoms with Crippen molar-refractivity contribution in [2.45, 2.75) is 13.8 Å². The van der Waals surface area contributed by atoms with E-state index < -0.39 is 23.0 Å². The van der Waals surface area contributed by atoms with Crippen molar-refractivity contribution in [3.63, 3.8) is 0 Å². The minimum Gasteiger partial charge on any atom is -0.413 e. The number of hydrogen-bond donors (Lipinski definition) is 0. The Kier molecular flexibility index (Phi) is 7.32. The van der Waals surface area contributed by atoms with E-state index in [1.165, 1.54) is 0 Å². The first-order chi connectivity index (χ1) is 24.4. The second-order valence-corrected chi connectivity index (χ2v) is 17.8. The Bertz CT molecular complexity index is 2250. The predicted octanol–water partition coefficient (Wildman–Crippen LogP) is 11.7. The second kappa shape index (κ2) is 11.9. The maximum Gasteiger partial charge on any atom is 0.463 e. The molecule has 4 aromatic carbocycles. The Morgan fingerprint density at radius 2 is 0.800 bits per heavy atom. The molecule has 5 heterocycles. The molecule has 2 aromatic heterocycles. The summed E-state index contributed by atoms with van der Waals surface area (Å²) in [5, 5.41) is 0. The highest BCUT2D eigenvalue weighted by atomic mass is 31.3. The number of hydrogen-bond acceptors (Lipinski definition) is 11. The Morgan fingerprint density at radius 1 is 0.440 bits per heavy atom. The lowest BCUT2D eigenvalue weighted by atomic mass is 10.0. The van der Waals surface area contributed by atoms with Crippen molar-refractivity contribution in [3.05, 3.63) is 145 Å². The molecular formula is C36H28N5O6P3. The van der Waals surface area contributed by atoms with Crippen LogP contribution in [0.3, 0.4) is 0 Å². The molecule has 14 heteroatoms. The third-order valence-electron chi connectivity index (χ3n) is 7.88. The molecule has 3 aliphatic rings. The lowest BCUT2D eigenvalue weighted by Crippen LogP contribution is -2.11.